The van der Waals surface area contributed by atoms with Gasteiger partial charge < -0.3 is 10.1 Å². The molecule has 0 bridgehead atoms. The second-order valence-corrected chi connectivity index (χ2v) is 7.07. The summed E-state index contributed by atoms with van der Waals surface area (Å²) in [5.41, 5.74) is 2.01. The van der Waals surface area contributed by atoms with Crippen molar-refractivity contribution in [2.45, 2.75) is 52.0 Å². The van der Waals surface area contributed by atoms with Gasteiger partial charge in [-0.15, -0.1) is 0 Å². The Hall–Kier alpha value is -2.34. The molecule has 1 aromatic carbocycles. The van der Waals surface area contributed by atoms with E-state index >= 15 is 0 Å². The lowest BCUT2D eigenvalue weighted by Crippen LogP contribution is -2.30. The third kappa shape index (κ3) is 4.33. The molecule has 1 aromatic heterocycles. The molecule has 7 heteroatoms. The summed E-state index contributed by atoms with van der Waals surface area (Å²) in [5, 5.41) is 8.00. The summed E-state index contributed by atoms with van der Waals surface area (Å²) in [6.45, 7) is 4.44. The summed E-state index contributed by atoms with van der Waals surface area (Å²) in [6, 6.07) is 6.99. The zero-order chi connectivity index (χ0) is 19.2. The van der Waals surface area contributed by atoms with Crippen molar-refractivity contribution in [1.82, 2.24) is 14.8 Å². The van der Waals surface area contributed by atoms with Crippen LogP contribution in [-0.4, -0.2) is 27.3 Å². The molecule has 6 nitrogen and oxygen atoms in total. The molecule has 2 heterocycles. The highest BCUT2D eigenvalue weighted by atomic mass is 35.5. The molecule has 1 N–H and O–H groups in total. The molecule has 1 unspecified atom stereocenters. The largest absolute Gasteiger partial charge is 0.462 e. The molecule has 144 valence electrons. The van der Waals surface area contributed by atoms with E-state index in [1.807, 2.05) is 31.2 Å². The number of carbonyl (C=O) groups is 1. The molecule has 0 fully saturated rings. The molecule has 1 aliphatic rings. The maximum atomic E-state index is 12.9. The standard InChI is InChI=1S/C20H25ClN4O2/c1-3-4-5-6-9-12-27-19(26)17-14(2)24-20-22-13-23-25(20)18(17)15-10-7-8-11-16(15)21/h7-8,10-11,13,18H,3-6,9,12H2,1-2H3,(H,22,23,24). The molecule has 0 amide bonds. The molecule has 27 heavy (non-hydrogen) atoms. The highest BCUT2D eigenvalue weighted by molar-refractivity contribution is 6.31. The fourth-order valence-electron chi connectivity index (χ4n) is 3.29. The molecule has 0 saturated carbocycles. The first-order valence-corrected chi connectivity index (χ1v) is 9.80. The lowest BCUT2D eigenvalue weighted by atomic mass is 9.96. The number of ether oxygens (including phenoxy) is 1. The molecule has 0 radical (unpaired) electrons. The van der Waals surface area contributed by atoms with Crippen LogP contribution in [0.25, 0.3) is 0 Å². The number of nitrogens with one attached hydrogen (secondary N) is 1. The van der Waals surface area contributed by atoms with E-state index < -0.39 is 6.04 Å². The Balaban J connectivity index is 1.81. The minimum Gasteiger partial charge on any atom is -0.462 e. The van der Waals surface area contributed by atoms with Gasteiger partial charge in [-0.05, 0) is 19.4 Å². The van der Waals surface area contributed by atoms with Crippen LogP contribution in [0.4, 0.5) is 5.95 Å². The highest BCUT2D eigenvalue weighted by Crippen LogP contribution is 2.37. The first-order chi connectivity index (χ1) is 13.1. The van der Waals surface area contributed by atoms with E-state index in [4.69, 9.17) is 16.3 Å². The van der Waals surface area contributed by atoms with Crippen LogP contribution in [-0.2, 0) is 9.53 Å². The van der Waals surface area contributed by atoms with Crippen molar-refractivity contribution >= 4 is 23.5 Å². The van der Waals surface area contributed by atoms with E-state index in [2.05, 4.69) is 22.3 Å². The molecular weight excluding hydrogens is 364 g/mol. The van der Waals surface area contributed by atoms with E-state index in [1.165, 1.54) is 25.6 Å². The number of esters is 1. The van der Waals surface area contributed by atoms with Gasteiger partial charge in [-0.2, -0.15) is 10.1 Å². The quantitative estimate of drug-likeness (QED) is 0.522. The number of carbonyl (C=O) groups excluding carboxylic acids is 1. The smallest absolute Gasteiger partial charge is 0.338 e. The second kappa shape index (κ2) is 9.04. The van der Waals surface area contributed by atoms with E-state index in [0.29, 0.717) is 28.8 Å². The first kappa shape index (κ1) is 19.4. The summed E-state index contributed by atoms with van der Waals surface area (Å²) < 4.78 is 7.25. The van der Waals surface area contributed by atoms with Gasteiger partial charge in [0, 0.05) is 16.3 Å². The van der Waals surface area contributed by atoms with Gasteiger partial charge in [-0.3, -0.25) is 0 Å². The van der Waals surface area contributed by atoms with Gasteiger partial charge in [0.1, 0.15) is 12.4 Å². The number of anilines is 1. The molecule has 1 aliphatic heterocycles. The molecule has 0 aliphatic carbocycles. The normalized spacial score (nSPS) is 16.0. The lowest BCUT2D eigenvalue weighted by Gasteiger charge is -2.28. The number of halogens is 1. The summed E-state index contributed by atoms with van der Waals surface area (Å²) in [4.78, 5) is 17.1. The number of benzene rings is 1. The molecular formula is C20H25ClN4O2. The predicted octanol–water partition coefficient (Wildman–Crippen LogP) is 4.73. The van der Waals surface area contributed by atoms with Crippen molar-refractivity contribution in [3.63, 3.8) is 0 Å². The number of hydrogen-bond donors (Lipinski definition) is 1. The number of allylic oxidation sites excluding steroid dienone is 1. The zero-order valence-electron chi connectivity index (χ0n) is 15.7. The minimum atomic E-state index is -0.468. The van der Waals surface area contributed by atoms with Gasteiger partial charge >= 0.3 is 5.97 Å². The molecule has 0 spiro atoms. The van der Waals surface area contributed by atoms with E-state index in [1.54, 1.807) is 4.68 Å². The van der Waals surface area contributed by atoms with E-state index in [-0.39, 0.29) is 5.97 Å². The summed E-state index contributed by atoms with van der Waals surface area (Å²) in [7, 11) is 0. The van der Waals surface area contributed by atoms with Crippen LogP contribution < -0.4 is 5.32 Å². The average Bonchev–Trinajstić information content (AvgIpc) is 3.12. The Bertz CT molecular complexity index is 831. The van der Waals surface area contributed by atoms with Crippen molar-refractivity contribution in [2.24, 2.45) is 0 Å². The lowest BCUT2D eigenvalue weighted by molar-refractivity contribution is -0.139. The molecule has 2 aromatic rings. The minimum absolute atomic E-state index is 0.346. The van der Waals surface area contributed by atoms with Gasteiger partial charge in [0.25, 0.3) is 0 Å². The number of unbranched alkanes of at least 4 members (excludes halogenated alkanes) is 4. The van der Waals surface area contributed by atoms with Crippen molar-refractivity contribution in [3.8, 4) is 0 Å². The summed E-state index contributed by atoms with van der Waals surface area (Å²) in [5.74, 6) is 0.232. The fraction of sp³-hybridized carbons (Fsp3) is 0.450. The summed E-state index contributed by atoms with van der Waals surface area (Å²) in [6.07, 6.45) is 6.97. The van der Waals surface area contributed by atoms with Crippen LogP contribution in [0.5, 0.6) is 0 Å². The van der Waals surface area contributed by atoms with Crippen LogP contribution in [0.1, 0.15) is 57.6 Å². The van der Waals surface area contributed by atoms with Gasteiger partial charge in [0.15, 0.2) is 0 Å². The first-order valence-electron chi connectivity index (χ1n) is 9.42. The average molecular weight is 389 g/mol. The van der Waals surface area contributed by atoms with Crippen LogP contribution >= 0.6 is 11.6 Å². The Morgan fingerprint density at radius 1 is 1.26 bits per heavy atom. The monoisotopic (exact) mass is 388 g/mol. The van der Waals surface area contributed by atoms with Crippen LogP contribution in [0.15, 0.2) is 41.9 Å². The van der Waals surface area contributed by atoms with Gasteiger partial charge in [0.05, 0.1) is 12.2 Å². The highest BCUT2D eigenvalue weighted by Gasteiger charge is 2.35. The van der Waals surface area contributed by atoms with Gasteiger partial charge in [0.2, 0.25) is 5.95 Å². The third-order valence-corrected chi connectivity index (χ3v) is 5.04. The SMILES string of the molecule is CCCCCCCOC(=O)C1=C(C)Nc2ncnn2C1c1ccccc1Cl. The number of aromatic nitrogens is 3. The Kier molecular flexibility index (Phi) is 6.50. The Labute approximate surface area is 164 Å². The topological polar surface area (TPSA) is 69.0 Å². The number of fused-ring (bicyclic) bond motifs is 1. The molecule has 1 atom stereocenters. The van der Waals surface area contributed by atoms with Gasteiger partial charge in [-0.25, -0.2) is 9.48 Å². The van der Waals surface area contributed by atoms with Crippen LogP contribution in [0.3, 0.4) is 0 Å². The Morgan fingerprint density at radius 3 is 2.81 bits per heavy atom. The number of hydrogen-bond acceptors (Lipinski definition) is 5. The summed E-state index contributed by atoms with van der Waals surface area (Å²) >= 11 is 6.43. The molecule has 0 saturated heterocycles. The Morgan fingerprint density at radius 2 is 2.04 bits per heavy atom. The molecule has 3 rings (SSSR count). The predicted molar refractivity (Wildman–Crippen MR) is 106 cm³/mol. The van der Waals surface area contributed by atoms with Crippen molar-refractivity contribution in [3.05, 3.63) is 52.4 Å². The van der Waals surface area contributed by atoms with Crippen LogP contribution in [0, 0.1) is 0 Å². The van der Waals surface area contributed by atoms with E-state index in [0.717, 1.165) is 18.4 Å². The second-order valence-electron chi connectivity index (χ2n) is 6.67. The fourth-order valence-corrected chi connectivity index (χ4v) is 3.53. The number of rotatable bonds is 8. The zero-order valence-corrected chi connectivity index (χ0v) is 16.5. The maximum absolute atomic E-state index is 12.9. The number of nitrogens with zero attached hydrogens (tertiary/aromatic N) is 3. The van der Waals surface area contributed by atoms with Crippen molar-refractivity contribution in [2.75, 3.05) is 11.9 Å². The maximum Gasteiger partial charge on any atom is 0.338 e. The van der Waals surface area contributed by atoms with Crippen LogP contribution in [0.2, 0.25) is 5.02 Å². The van der Waals surface area contributed by atoms with Crippen molar-refractivity contribution in [1.29, 1.82) is 0 Å². The van der Waals surface area contributed by atoms with Gasteiger partial charge in [-0.1, -0.05) is 62.4 Å². The third-order valence-electron chi connectivity index (χ3n) is 4.70. The van der Waals surface area contributed by atoms with E-state index in [9.17, 15) is 4.79 Å². The van der Waals surface area contributed by atoms with Crippen molar-refractivity contribution < 1.29 is 9.53 Å².